The Hall–Kier alpha value is -2.22. The number of benzene rings is 1. The first-order valence-corrected chi connectivity index (χ1v) is 9.71. The highest BCUT2D eigenvalue weighted by atomic mass is 16.6. The van der Waals surface area contributed by atoms with Crippen LogP contribution in [0.3, 0.4) is 0 Å². The Kier molecular flexibility index (Phi) is 7.57. The number of carbonyl (C=O) groups excluding carboxylic acids is 1. The summed E-state index contributed by atoms with van der Waals surface area (Å²) in [5.74, 6) is -0.143. The van der Waals surface area contributed by atoms with Crippen LogP contribution in [0.15, 0.2) is 29.4 Å². The lowest BCUT2D eigenvalue weighted by atomic mass is 9.83. The number of ketones is 1. The van der Waals surface area contributed by atoms with Gasteiger partial charge in [0.25, 0.3) is 0 Å². The van der Waals surface area contributed by atoms with Crippen molar-refractivity contribution in [3.63, 3.8) is 0 Å². The molecule has 0 aliphatic heterocycles. The van der Waals surface area contributed by atoms with Gasteiger partial charge in [-0.1, -0.05) is 32.0 Å². The number of Topliss-reactive ketones (excluding diaryl/α,β-unsaturated/α-hetero) is 1. The number of rotatable bonds is 9. The predicted molar refractivity (Wildman–Crippen MR) is 113 cm³/mol. The van der Waals surface area contributed by atoms with Gasteiger partial charge in [0.1, 0.15) is 17.9 Å². The van der Waals surface area contributed by atoms with Crippen LogP contribution in [0.4, 0.5) is 0 Å². The molecule has 0 bridgehead atoms. The average molecular weight is 405 g/mol. The number of hydrogen-bond acceptors (Lipinski definition) is 6. The summed E-state index contributed by atoms with van der Waals surface area (Å²) >= 11 is 0. The molecule has 7 nitrogen and oxygen atoms in total. The number of fused-ring (bicyclic) bond motifs is 1. The van der Waals surface area contributed by atoms with Crippen LogP contribution in [-0.2, 0) is 20.8 Å². The Bertz CT molecular complexity index is 864. The van der Waals surface area contributed by atoms with Gasteiger partial charge >= 0.3 is 0 Å². The number of aryl methyl sites for hydroxylation is 1. The van der Waals surface area contributed by atoms with E-state index >= 15 is 0 Å². The Morgan fingerprint density at radius 3 is 2.52 bits per heavy atom. The topological polar surface area (TPSA) is 104 Å². The number of ether oxygens (including phenoxy) is 1. The largest absolute Gasteiger partial charge is 0.390 e. The summed E-state index contributed by atoms with van der Waals surface area (Å²) in [7, 11) is 1.50. The number of aliphatic hydroxyl groups is 2. The summed E-state index contributed by atoms with van der Waals surface area (Å²) in [4.78, 5) is 20.8. The van der Waals surface area contributed by atoms with Gasteiger partial charge in [0, 0.05) is 24.7 Å². The second-order valence-corrected chi connectivity index (χ2v) is 8.55. The van der Waals surface area contributed by atoms with Gasteiger partial charge in [-0.05, 0) is 48.4 Å². The fourth-order valence-electron chi connectivity index (χ4n) is 3.32. The smallest absolute Gasteiger partial charge is 0.177 e. The van der Waals surface area contributed by atoms with E-state index in [1.54, 1.807) is 0 Å². The highest BCUT2D eigenvalue weighted by molar-refractivity contribution is 5.93. The van der Waals surface area contributed by atoms with Crippen molar-refractivity contribution >= 4 is 22.4 Å². The normalized spacial score (nSPS) is 15.9. The van der Waals surface area contributed by atoms with Crippen LogP contribution >= 0.6 is 0 Å². The zero-order valence-electron chi connectivity index (χ0n) is 18.0. The molecule has 3 atom stereocenters. The second-order valence-electron chi connectivity index (χ2n) is 8.55. The monoisotopic (exact) mass is 404 g/mol. The van der Waals surface area contributed by atoms with E-state index in [4.69, 9.17) is 9.57 Å². The van der Waals surface area contributed by atoms with E-state index in [0.29, 0.717) is 0 Å². The number of aromatic amines is 1. The molecule has 1 heterocycles. The van der Waals surface area contributed by atoms with E-state index in [9.17, 15) is 15.0 Å². The van der Waals surface area contributed by atoms with Gasteiger partial charge in [0.15, 0.2) is 12.4 Å². The van der Waals surface area contributed by atoms with Crippen LogP contribution in [0, 0.1) is 12.3 Å². The number of nitrogens with one attached hydrogen (secondary N) is 1. The van der Waals surface area contributed by atoms with Crippen LogP contribution in [0.5, 0.6) is 0 Å². The van der Waals surface area contributed by atoms with E-state index in [2.05, 4.69) is 10.1 Å². The molecular formula is C22H32N2O5. The highest BCUT2D eigenvalue weighted by Gasteiger charge is 2.35. The van der Waals surface area contributed by atoms with Gasteiger partial charge in [-0.25, -0.2) is 0 Å². The molecule has 0 amide bonds. The molecule has 0 unspecified atom stereocenters. The van der Waals surface area contributed by atoms with E-state index in [0.717, 1.165) is 22.2 Å². The lowest BCUT2D eigenvalue weighted by molar-refractivity contribution is -0.123. The first kappa shape index (κ1) is 23.1. The minimum atomic E-state index is -1.26. The summed E-state index contributed by atoms with van der Waals surface area (Å²) in [6.07, 6.45) is -2.67. The molecule has 0 saturated heterocycles. The summed E-state index contributed by atoms with van der Waals surface area (Å²) in [5.41, 5.74) is 2.76. The zero-order chi connectivity index (χ0) is 21.8. The minimum absolute atomic E-state index is 0.143. The Morgan fingerprint density at radius 1 is 1.24 bits per heavy atom. The van der Waals surface area contributed by atoms with Crippen LogP contribution in [0.1, 0.15) is 39.0 Å². The Morgan fingerprint density at radius 2 is 1.93 bits per heavy atom. The standard InChI is InChI=1S/C22H32N2O5/c1-13-9-16-10-15(7-8-18(16)23-13)11-17(26)12-29-24-19(20(27)14(2)25)21(28-6)22(3,4)5/h7-10,14,20-21,23,25,27H,11-12H2,1-6H3/b24-19+/t14-,20+,21-/m1/s1. The molecule has 29 heavy (non-hydrogen) atoms. The summed E-state index contributed by atoms with van der Waals surface area (Å²) in [5, 5.41) is 25.1. The molecule has 2 rings (SSSR count). The van der Waals surface area contributed by atoms with E-state index < -0.39 is 18.3 Å². The highest BCUT2D eigenvalue weighted by Crippen LogP contribution is 2.25. The molecule has 160 valence electrons. The van der Waals surface area contributed by atoms with Crippen LogP contribution < -0.4 is 0 Å². The number of aliphatic hydroxyl groups excluding tert-OH is 2. The number of oxime groups is 1. The third-order valence-electron chi connectivity index (χ3n) is 4.67. The fourth-order valence-corrected chi connectivity index (χ4v) is 3.32. The number of hydrogen-bond donors (Lipinski definition) is 3. The quantitative estimate of drug-likeness (QED) is 0.440. The minimum Gasteiger partial charge on any atom is -0.390 e. The van der Waals surface area contributed by atoms with Crippen LogP contribution in [0.2, 0.25) is 0 Å². The van der Waals surface area contributed by atoms with Gasteiger partial charge in [-0.15, -0.1) is 0 Å². The molecule has 0 spiro atoms. The molecule has 1 aromatic heterocycles. The van der Waals surface area contributed by atoms with Gasteiger partial charge < -0.3 is 24.8 Å². The van der Waals surface area contributed by atoms with E-state index in [1.807, 2.05) is 52.0 Å². The van der Waals surface area contributed by atoms with Crippen molar-refractivity contribution < 1.29 is 24.6 Å². The summed E-state index contributed by atoms with van der Waals surface area (Å²) in [6, 6.07) is 7.87. The molecule has 0 radical (unpaired) electrons. The van der Waals surface area contributed by atoms with Crippen molar-refractivity contribution in [3.8, 4) is 0 Å². The zero-order valence-corrected chi connectivity index (χ0v) is 18.0. The molecule has 0 aliphatic rings. The molecule has 1 aromatic carbocycles. The fraction of sp³-hybridized carbons (Fsp3) is 0.545. The number of aromatic nitrogens is 1. The summed E-state index contributed by atoms with van der Waals surface area (Å²) < 4.78 is 5.47. The summed E-state index contributed by atoms with van der Waals surface area (Å²) in [6.45, 7) is 8.99. The van der Waals surface area contributed by atoms with Crippen molar-refractivity contribution in [1.29, 1.82) is 0 Å². The number of H-pyrrole nitrogens is 1. The van der Waals surface area contributed by atoms with Crippen LogP contribution in [-0.4, -0.2) is 58.7 Å². The van der Waals surface area contributed by atoms with E-state index in [1.165, 1.54) is 14.0 Å². The molecule has 0 fully saturated rings. The lowest BCUT2D eigenvalue weighted by Gasteiger charge is -2.32. The van der Waals surface area contributed by atoms with Crippen molar-refractivity contribution in [2.75, 3.05) is 13.7 Å². The number of nitrogens with zero attached hydrogens (tertiary/aromatic N) is 1. The van der Waals surface area contributed by atoms with E-state index in [-0.39, 0.29) is 29.9 Å². The van der Waals surface area contributed by atoms with Gasteiger partial charge in [0.05, 0.1) is 6.10 Å². The van der Waals surface area contributed by atoms with Gasteiger partial charge in [0.2, 0.25) is 0 Å². The molecule has 2 aromatic rings. The Balaban J connectivity index is 2.06. The molecular weight excluding hydrogens is 372 g/mol. The second kappa shape index (κ2) is 9.52. The maximum atomic E-state index is 12.3. The van der Waals surface area contributed by atoms with Crippen molar-refractivity contribution in [2.45, 2.75) is 59.4 Å². The third-order valence-corrected chi connectivity index (χ3v) is 4.67. The van der Waals surface area contributed by atoms with Crippen LogP contribution in [0.25, 0.3) is 10.9 Å². The van der Waals surface area contributed by atoms with Crippen molar-refractivity contribution in [2.24, 2.45) is 10.6 Å². The van der Waals surface area contributed by atoms with Gasteiger partial charge in [-0.2, -0.15) is 0 Å². The van der Waals surface area contributed by atoms with Crippen molar-refractivity contribution in [3.05, 3.63) is 35.5 Å². The maximum Gasteiger partial charge on any atom is 0.177 e. The van der Waals surface area contributed by atoms with Gasteiger partial charge in [-0.3, -0.25) is 4.79 Å². The molecule has 0 aliphatic carbocycles. The molecule has 3 N–H and O–H groups in total. The first-order valence-electron chi connectivity index (χ1n) is 9.71. The third kappa shape index (κ3) is 6.13. The Labute approximate surface area is 171 Å². The SMILES string of the molecule is CO[C@H](/C(=N/OCC(=O)Cc1ccc2[nH]c(C)cc2c1)[C@@H](O)[C@@H](C)O)C(C)(C)C. The average Bonchev–Trinajstić information content (AvgIpc) is 2.98. The lowest BCUT2D eigenvalue weighted by Crippen LogP contribution is -2.46. The molecule has 7 heteroatoms. The predicted octanol–water partition coefficient (Wildman–Crippen LogP) is 2.76. The number of carbonyl (C=O) groups is 1. The molecule has 0 saturated carbocycles. The first-order chi connectivity index (χ1) is 13.5. The van der Waals surface area contributed by atoms with Crippen molar-refractivity contribution in [1.82, 2.24) is 4.98 Å². The number of methoxy groups -OCH3 is 1. The maximum absolute atomic E-state index is 12.3.